The zero-order valence-electron chi connectivity index (χ0n) is 14.2. The number of rotatable bonds is 6. The number of hydrogen-bond acceptors (Lipinski definition) is 8. The number of anilines is 2. The van der Waals surface area contributed by atoms with Crippen LogP contribution < -0.4 is 11.1 Å². The van der Waals surface area contributed by atoms with Crippen molar-refractivity contribution in [2.45, 2.75) is 13.0 Å². The van der Waals surface area contributed by atoms with Gasteiger partial charge in [0.1, 0.15) is 4.83 Å². The second-order valence-electron chi connectivity index (χ2n) is 5.82. The van der Waals surface area contributed by atoms with Gasteiger partial charge >= 0.3 is 0 Å². The number of nitrogens with two attached hydrogens (primary N) is 1. The number of fused-ring (bicyclic) bond motifs is 1. The molecule has 0 spiro atoms. The Labute approximate surface area is 168 Å². The van der Waals surface area contributed by atoms with Crippen LogP contribution in [-0.2, 0) is 0 Å². The van der Waals surface area contributed by atoms with Gasteiger partial charge in [0.2, 0.25) is 5.95 Å². The van der Waals surface area contributed by atoms with E-state index in [0.717, 1.165) is 0 Å². The van der Waals surface area contributed by atoms with E-state index in [-0.39, 0.29) is 18.3 Å². The summed E-state index contributed by atoms with van der Waals surface area (Å²) in [7, 11) is 0. The zero-order chi connectivity index (χ0) is 19.7. The van der Waals surface area contributed by atoms with Gasteiger partial charge in [0.15, 0.2) is 5.78 Å². The summed E-state index contributed by atoms with van der Waals surface area (Å²) in [4.78, 5) is 21.7. The Balaban J connectivity index is 2.20. The van der Waals surface area contributed by atoms with Crippen molar-refractivity contribution in [2.24, 2.45) is 0 Å². The lowest BCUT2D eigenvalue weighted by Crippen LogP contribution is -2.23. The normalized spacial score (nSPS) is 12.3. The fraction of sp³-hybridized carbons (Fsp3) is 0.235. The lowest BCUT2D eigenvalue weighted by Gasteiger charge is -2.11. The highest BCUT2D eigenvalue weighted by atomic mass is 35.5. The number of aromatic nitrogens is 2. The number of nitrogens with zero attached hydrogens (tertiary/aromatic N) is 2. The molecule has 5 N–H and O–H groups in total. The van der Waals surface area contributed by atoms with Gasteiger partial charge in [-0.25, -0.2) is 9.97 Å². The van der Waals surface area contributed by atoms with Gasteiger partial charge in [-0.15, -0.1) is 11.3 Å². The van der Waals surface area contributed by atoms with Crippen molar-refractivity contribution >= 4 is 62.2 Å². The van der Waals surface area contributed by atoms with Crippen LogP contribution in [-0.4, -0.2) is 45.2 Å². The fourth-order valence-corrected chi connectivity index (χ4v) is 3.78. The third-order valence-electron chi connectivity index (χ3n) is 3.81. The van der Waals surface area contributed by atoms with E-state index >= 15 is 0 Å². The summed E-state index contributed by atoms with van der Waals surface area (Å²) in [6, 6.07) is 5.04. The van der Waals surface area contributed by atoms with Gasteiger partial charge < -0.3 is 21.3 Å². The number of nitrogen functional groups attached to an aromatic ring is 1. The molecule has 2 aromatic heterocycles. The van der Waals surface area contributed by atoms with Crippen molar-refractivity contribution in [3.8, 4) is 11.3 Å². The van der Waals surface area contributed by atoms with Crippen molar-refractivity contribution in [2.75, 3.05) is 24.2 Å². The fourth-order valence-electron chi connectivity index (χ4n) is 2.49. The Hall–Kier alpha value is -1.97. The van der Waals surface area contributed by atoms with Gasteiger partial charge in [-0.3, -0.25) is 4.79 Å². The summed E-state index contributed by atoms with van der Waals surface area (Å²) in [6.07, 6.45) is -0.959. The lowest BCUT2D eigenvalue weighted by molar-refractivity contribution is 0.102. The number of nitrogens with one attached hydrogen (secondary N) is 1. The molecule has 1 aromatic carbocycles. The van der Waals surface area contributed by atoms with Crippen LogP contribution in [0.2, 0.25) is 10.0 Å². The molecular weight excluding hydrogens is 411 g/mol. The number of carbonyl (C=O) groups excluding carboxylic acids is 1. The van der Waals surface area contributed by atoms with E-state index in [1.807, 2.05) is 0 Å². The van der Waals surface area contributed by atoms with Crippen molar-refractivity contribution in [1.82, 2.24) is 9.97 Å². The maximum absolute atomic E-state index is 11.9. The molecule has 0 aliphatic rings. The summed E-state index contributed by atoms with van der Waals surface area (Å²) in [5.41, 5.74) is 7.65. The molecule has 0 bridgehead atoms. The van der Waals surface area contributed by atoms with E-state index in [4.69, 9.17) is 34.0 Å². The van der Waals surface area contributed by atoms with Crippen molar-refractivity contribution < 1.29 is 15.0 Å². The zero-order valence-corrected chi connectivity index (χ0v) is 16.5. The molecule has 1 atom stereocenters. The van der Waals surface area contributed by atoms with Crippen LogP contribution in [0.3, 0.4) is 0 Å². The van der Waals surface area contributed by atoms with Gasteiger partial charge in [0.25, 0.3) is 0 Å². The van der Waals surface area contributed by atoms with Crippen LogP contribution in [0.5, 0.6) is 0 Å². The topological polar surface area (TPSA) is 121 Å². The lowest BCUT2D eigenvalue weighted by atomic mass is 10.1. The van der Waals surface area contributed by atoms with Crippen LogP contribution in [0.1, 0.15) is 16.6 Å². The van der Waals surface area contributed by atoms with Crippen LogP contribution in [0.4, 0.5) is 11.6 Å². The van der Waals surface area contributed by atoms with Crippen LogP contribution in [0, 0.1) is 0 Å². The highest BCUT2D eigenvalue weighted by Crippen LogP contribution is 2.40. The highest BCUT2D eigenvalue weighted by Gasteiger charge is 2.21. The Morgan fingerprint density at radius 2 is 2.07 bits per heavy atom. The number of hydrogen-bond donors (Lipinski definition) is 4. The first-order chi connectivity index (χ1) is 12.8. The minimum Gasteiger partial charge on any atom is -0.397 e. The van der Waals surface area contributed by atoms with E-state index in [2.05, 4.69) is 15.3 Å². The number of ketones is 1. The summed E-state index contributed by atoms with van der Waals surface area (Å²) < 4.78 is 0. The predicted octanol–water partition coefficient (Wildman–Crippen LogP) is 3.22. The number of carbonyl (C=O) groups is 1. The molecule has 0 radical (unpaired) electrons. The third kappa shape index (κ3) is 3.99. The molecule has 0 aliphatic carbocycles. The maximum atomic E-state index is 11.9. The predicted molar refractivity (Wildman–Crippen MR) is 109 cm³/mol. The van der Waals surface area contributed by atoms with Crippen molar-refractivity contribution in [3.63, 3.8) is 0 Å². The molecule has 142 valence electrons. The second-order valence-corrected chi connectivity index (χ2v) is 7.64. The number of Topliss-reactive ketones (excluding diaryl/α,β-unsaturated/α-hetero) is 1. The second kappa shape index (κ2) is 7.95. The van der Waals surface area contributed by atoms with E-state index < -0.39 is 12.7 Å². The minimum atomic E-state index is -0.959. The smallest absolute Gasteiger partial charge is 0.224 e. The molecule has 1 unspecified atom stereocenters. The highest BCUT2D eigenvalue weighted by molar-refractivity contribution is 7.21. The van der Waals surface area contributed by atoms with E-state index in [1.54, 1.807) is 18.2 Å². The van der Waals surface area contributed by atoms with Gasteiger partial charge in [-0.1, -0.05) is 29.3 Å². The summed E-state index contributed by atoms with van der Waals surface area (Å²) in [5.74, 6) is 0.0632. The third-order valence-corrected chi connectivity index (χ3v) is 5.75. The molecule has 0 saturated carbocycles. The Kier molecular flexibility index (Phi) is 5.83. The maximum Gasteiger partial charge on any atom is 0.224 e. The van der Waals surface area contributed by atoms with Gasteiger partial charge in [0.05, 0.1) is 44.4 Å². The molecule has 2 heterocycles. The van der Waals surface area contributed by atoms with Crippen LogP contribution in [0.15, 0.2) is 18.2 Å². The quantitative estimate of drug-likeness (QED) is 0.446. The Morgan fingerprint density at radius 3 is 2.70 bits per heavy atom. The van der Waals surface area contributed by atoms with Crippen molar-refractivity contribution in [3.05, 3.63) is 33.1 Å². The van der Waals surface area contributed by atoms with E-state index in [9.17, 15) is 9.90 Å². The summed E-state index contributed by atoms with van der Waals surface area (Å²) >= 11 is 13.3. The molecule has 7 nitrogen and oxygen atoms in total. The molecule has 0 fully saturated rings. The number of aliphatic hydroxyl groups is 2. The van der Waals surface area contributed by atoms with Gasteiger partial charge in [-0.05, 0) is 12.1 Å². The van der Waals surface area contributed by atoms with Crippen LogP contribution in [0.25, 0.3) is 21.5 Å². The van der Waals surface area contributed by atoms with Gasteiger partial charge in [0, 0.05) is 19.0 Å². The first kappa shape index (κ1) is 19.8. The molecule has 3 rings (SSSR count). The first-order valence-electron chi connectivity index (χ1n) is 7.91. The Morgan fingerprint density at radius 1 is 1.33 bits per heavy atom. The molecule has 0 aliphatic heterocycles. The number of halogens is 2. The number of benzene rings is 1. The molecular formula is C17H16Cl2N4O3S. The minimum absolute atomic E-state index is 0.0588. The van der Waals surface area contributed by atoms with E-state index in [0.29, 0.717) is 42.1 Å². The number of thiophene rings is 1. The molecule has 3 aromatic rings. The number of aliphatic hydroxyl groups excluding tert-OH is 2. The average molecular weight is 427 g/mol. The first-order valence-corrected chi connectivity index (χ1v) is 9.48. The summed E-state index contributed by atoms with van der Waals surface area (Å²) in [5, 5.41) is 22.7. The monoisotopic (exact) mass is 426 g/mol. The Bertz CT molecular complexity index is 1030. The van der Waals surface area contributed by atoms with E-state index in [1.165, 1.54) is 18.3 Å². The molecule has 0 saturated heterocycles. The van der Waals surface area contributed by atoms with Crippen LogP contribution >= 0.6 is 34.5 Å². The molecule has 0 amide bonds. The summed E-state index contributed by atoms with van der Waals surface area (Å²) in [6.45, 7) is 1.10. The average Bonchev–Trinajstić information content (AvgIpc) is 2.98. The largest absolute Gasteiger partial charge is 0.397 e. The molecule has 10 heteroatoms. The molecule has 27 heavy (non-hydrogen) atoms. The van der Waals surface area contributed by atoms with Gasteiger partial charge in [-0.2, -0.15) is 0 Å². The standard InChI is InChI=1S/C17H16Cl2N4O3S/c1-7(25)15-13(20)12-14(8-2-3-10(18)11(19)4-8)22-17(23-16(12)27-15)21-5-9(26)6-24/h2-4,9,24,26H,5-6,20H2,1H3,(H,21,22,23). The van der Waals surface area contributed by atoms with Crippen molar-refractivity contribution in [1.29, 1.82) is 0 Å². The SMILES string of the molecule is CC(=O)c1sc2nc(NCC(O)CO)nc(-c3ccc(Cl)c(Cl)c3)c2c1N.